The molecule has 0 fully saturated rings. The van der Waals surface area contributed by atoms with Gasteiger partial charge in [-0.2, -0.15) is 9.83 Å². The fraction of sp³-hybridized carbons (Fsp3) is 0.167. The highest BCUT2D eigenvalue weighted by atomic mass is 16.5. The van der Waals surface area contributed by atoms with Crippen molar-refractivity contribution in [1.82, 2.24) is 9.78 Å². The van der Waals surface area contributed by atoms with E-state index in [2.05, 4.69) is 10.4 Å². The summed E-state index contributed by atoms with van der Waals surface area (Å²) in [7, 11) is 1.57. The monoisotopic (exact) mass is 430 g/mol. The van der Waals surface area contributed by atoms with Crippen molar-refractivity contribution in [2.24, 2.45) is 0 Å². The third kappa shape index (κ3) is 3.66. The molecule has 4 rings (SSSR count). The summed E-state index contributed by atoms with van der Waals surface area (Å²) < 4.78 is 7.29. The van der Waals surface area contributed by atoms with E-state index >= 15 is 0 Å². The number of hydrogen-bond donors (Lipinski definition) is 1. The number of aromatic nitrogens is 3. The number of hydrogen-bond acceptors (Lipinski definition) is 6. The molecule has 8 heteroatoms. The fourth-order valence-electron chi connectivity index (χ4n) is 3.66. The first-order valence-electron chi connectivity index (χ1n) is 10.1. The van der Waals surface area contributed by atoms with Crippen LogP contribution >= 0.6 is 0 Å². The zero-order valence-electron chi connectivity index (χ0n) is 18.0. The van der Waals surface area contributed by atoms with Gasteiger partial charge in [0.25, 0.3) is 5.56 Å². The maximum atomic E-state index is 13.2. The van der Waals surface area contributed by atoms with Crippen LogP contribution in [0.2, 0.25) is 0 Å². The van der Waals surface area contributed by atoms with E-state index in [1.807, 2.05) is 6.92 Å². The average molecular weight is 430 g/mol. The highest BCUT2D eigenvalue weighted by molar-refractivity contribution is 6.06. The number of methoxy groups -OCH3 is 1. The minimum atomic E-state index is -0.419. The Hall–Kier alpha value is -4.20. The zero-order valence-corrected chi connectivity index (χ0v) is 18.0. The Balaban J connectivity index is 1.96. The summed E-state index contributed by atoms with van der Waals surface area (Å²) in [5, 5.41) is 20.4. The van der Waals surface area contributed by atoms with E-state index in [-0.39, 0.29) is 17.0 Å². The summed E-state index contributed by atoms with van der Waals surface area (Å²) >= 11 is 0. The Morgan fingerprint density at radius 1 is 1.16 bits per heavy atom. The molecule has 0 aliphatic heterocycles. The molecule has 0 saturated carbocycles. The van der Waals surface area contributed by atoms with Crippen LogP contribution < -0.4 is 20.3 Å². The van der Waals surface area contributed by atoms with E-state index in [0.29, 0.717) is 40.1 Å². The molecule has 0 spiro atoms. The largest absolute Gasteiger partial charge is 0.618 e. The van der Waals surface area contributed by atoms with Crippen LogP contribution in [0.4, 0.5) is 11.4 Å². The van der Waals surface area contributed by atoms with Crippen LogP contribution in [-0.2, 0) is 6.54 Å². The van der Waals surface area contributed by atoms with Crippen LogP contribution in [0.25, 0.3) is 22.2 Å². The lowest BCUT2D eigenvalue weighted by Crippen LogP contribution is -2.28. The zero-order chi connectivity index (χ0) is 22.8. The van der Waals surface area contributed by atoms with Gasteiger partial charge in [-0.1, -0.05) is 6.07 Å². The molecule has 0 atom stereocenters. The van der Waals surface area contributed by atoms with E-state index in [1.165, 1.54) is 17.8 Å². The number of rotatable bonds is 6. The SMILES string of the molecule is CCn1nc(-c2ccc(OC)cc2)c(C(C)=O)c(Nc2cccc3c2ccc[n+]3[O-])c1=O. The molecule has 1 N–H and O–H groups in total. The van der Waals surface area contributed by atoms with Gasteiger partial charge in [-0.05, 0) is 50.2 Å². The number of aryl methyl sites for hydroxylation is 1. The molecule has 0 bridgehead atoms. The van der Waals surface area contributed by atoms with Crippen LogP contribution in [0.1, 0.15) is 24.2 Å². The van der Waals surface area contributed by atoms with Crippen molar-refractivity contribution in [2.75, 3.05) is 12.4 Å². The topological polar surface area (TPSA) is 100 Å². The lowest BCUT2D eigenvalue weighted by atomic mass is 10.0. The number of pyridine rings is 1. The Bertz CT molecular complexity index is 1380. The predicted octanol–water partition coefficient (Wildman–Crippen LogP) is 3.67. The molecular formula is C24H22N4O4. The number of fused-ring (bicyclic) bond motifs is 1. The lowest BCUT2D eigenvalue weighted by Gasteiger charge is -2.17. The van der Waals surface area contributed by atoms with Crippen LogP contribution in [-0.4, -0.2) is 22.7 Å². The molecule has 162 valence electrons. The number of Topliss-reactive ketones (excluding diaryl/α,β-unsaturated/α-hetero) is 1. The summed E-state index contributed by atoms with van der Waals surface area (Å²) in [6, 6.07) is 15.7. The molecule has 0 unspecified atom stereocenters. The molecule has 0 aliphatic rings. The van der Waals surface area contributed by atoms with Crippen LogP contribution in [0, 0.1) is 5.21 Å². The second-order valence-electron chi connectivity index (χ2n) is 7.20. The maximum absolute atomic E-state index is 13.2. The molecule has 2 aromatic heterocycles. The second-order valence-corrected chi connectivity index (χ2v) is 7.20. The van der Waals surface area contributed by atoms with Crippen molar-refractivity contribution >= 4 is 28.1 Å². The first-order valence-corrected chi connectivity index (χ1v) is 10.1. The van der Waals surface area contributed by atoms with Crippen molar-refractivity contribution in [3.05, 3.63) is 81.9 Å². The molecule has 0 aliphatic carbocycles. The first kappa shape index (κ1) is 21.0. The number of ether oxygens (including phenoxy) is 1. The van der Waals surface area contributed by atoms with Crippen LogP contribution in [0.5, 0.6) is 5.75 Å². The summed E-state index contributed by atoms with van der Waals surface area (Å²) in [6.45, 7) is 3.53. The third-order valence-electron chi connectivity index (χ3n) is 5.24. The number of carbonyl (C=O) groups is 1. The minimum absolute atomic E-state index is 0.119. The highest BCUT2D eigenvalue weighted by Gasteiger charge is 2.23. The summed E-state index contributed by atoms with van der Waals surface area (Å²) in [5.41, 5.74) is 1.95. The first-order chi connectivity index (χ1) is 15.4. The predicted molar refractivity (Wildman–Crippen MR) is 122 cm³/mol. The van der Waals surface area contributed by atoms with Gasteiger partial charge in [-0.3, -0.25) is 9.59 Å². The standard InChI is InChI=1S/C24H22N4O4/c1-4-27-24(30)23(25-19-8-5-9-20-18(19)7-6-14-28(20)31)21(15(2)29)22(26-27)16-10-12-17(32-3)13-11-16/h5-14,25H,4H2,1-3H3. The molecular weight excluding hydrogens is 408 g/mol. The number of nitrogens with zero attached hydrogens (tertiary/aromatic N) is 3. The van der Waals surface area contributed by atoms with Gasteiger partial charge in [0.05, 0.1) is 23.7 Å². The van der Waals surface area contributed by atoms with Crippen molar-refractivity contribution in [1.29, 1.82) is 0 Å². The summed E-state index contributed by atoms with van der Waals surface area (Å²) in [5.74, 6) is 0.368. The number of anilines is 2. The molecule has 0 saturated heterocycles. The van der Waals surface area contributed by atoms with Gasteiger partial charge in [0.15, 0.2) is 12.0 Å². The summed E-state index contributed by atoms with van der Waals surface area (Å²) in [4.78, 5) is 26.0. The number of carbonyl (C=O) groups excluding carboxylic acids is 1. The Labute approximate surface area is 184 Å². The molecule has 8 nitrogen and oxygen atoms in total. The fourth-order valence-corrected chi connectivity index (χ4v) is 3.66. The van der Waals surface area contributed by atoms with Crippen LogP contribution in [0.3, 0.4) is 0 Å². The van der Waals surface area contributed by atoms with E-state index < -0.39 is 5.56 Å². The van der Waals surface area contributed by atoms with Crippen molar-refractivity contribution in [3.63, 3.8) is 0 Å². The van der Waals surface area contributed by atoms with Gasteiger partial charge in [-0.25, -0.2) is 4.68 Å². The van der Waals surface area contributed by atoms with Gasteiger partial charge < -0.3 is 15.3 Å². The normalized spacial score (nSPS) is 10.8. The Morgan fingerprint density at radius 3 is 2.56 bits per heavy atom. The van der Waals surface area contributed by atoms with E-state index in [0.717, 1.165) is 4.73 Å². The quantitative estimate of drug-likeness (QED) is 0.285. The molecule has 0 radical (unpaired) electrons. The molecule has 32 heavy (non-hydrogen) atoms. The van der Waals surface area contributed by atoms with E-state index in [1.54, 1.807) is 61.7 Å². The highest BCUT2D eigenvalue weighted by Crippen LogP contribution is 2.30. The van der Waals surface area contributed by atoms with E-state index in [4.69, 9.17) is 4.74 Å². The number of nitrogens with one attached hydrogen (secondary N) is 1. The molecule has 4 aromatic rings. The minimum Gasteiger partial charge on any atom is -0.618 e. The summed E-state index contributed by atoms with van der Waals surface area (Å²) in [6.07, 6.45) is 1.41. The van der Waals surface area contributed by atoms with Crippen molar-refractivity contribution < 1.29 is 14.3 Å². The van der Waals surface area contributed by atoms with E-state index in [9.17, 15) is 14.8 Å². The second kappa shape index (κ2) is 8.50. The van der Waals surface area contributed by atoms with Gasteiger partial charge >= 0.3 is 0 Å². The lowest BCUT2D eigenvalue weighted by molar-refractivity contribution is -0.577. The van der Waals surface area contributed by atoms with Crippen LogP contribution in [0.15, 0.2) is 65.6 Å². The van der Waals surface area contributed by atoms with Gasteiger partial charge in [0, 0.05) is 24.2 Å². The average Bonchev–Trinajstić information content (AvgIpc) is 2.80. The maximum Gasteiger partial charge on any atom is 0.291 e. The molecule has 2 aromatic carbocycles. The number of benzene rings is 2. The Kier molecular flexibility index (Phi) is 5.59. The van der Waals surface area contributed by atoms with Crippen molar-refractivity contribution in [2.45, 2.75) is 20.4 Å². The van der Waals surface area contributed by atoms with Crippen molar-refractivity contribution in [3.8, 4) is 17.0 Å². The molecule has 0 amide bonds. The number of ketones is 1. The van der Waals surface area contributed by atoms with Gasteiger partial charge in [0.2, 0.25) is 5.52 Å². The van der Waals surface area contributed by atoms with Gasteiger partial charge in [-0.15, -0.1) is 0 Å². The third-order valence-corrected chi connectivity index (χ3v) is 5.24. The van der Waals surface area contributed by atoms with Gasteiger partial charge in [0.1, 0.15) is 17.1 Å². The Morgan fingerprint density at radius 2 is 1.91 bits per heavy atom. The smallest absolute Gasteiger partial charge is 0.291 e. The molecule has 2 heterocycles.